The van der Waals surface area contributed by atoms with Gasteiger partial charge >= 0.3 is 5.97 Å². The molecule has 1 fully saturated rings. The number of carbonyl (C=O) groups is 2. The molecule has 0 spiro atoms. The number of likely N-dealkylation sites (N-methyl/N-ethyl adjacent to an activating group) is 1. The monoisotopic (exact) mass is 414 g/mol. The molecule has 9 nitrogen and oxygen atoms in total. The molecule has 2 N–H and O–H groups in total. The lowest BCUT2D eigenvalue weighted by molar-refractivity contribution is -0.384. The summed E-state index contributed by atoms with van der Waals surface area (Å²) in [4.78, 5) is 37.3. The van der Waals surface area contributed by atoms with Crippen LogP contribution >= 0.6 is 12.4 Å². The van der Waals surface area contributed by atoms with E-state index < -0.39 is 10.9 Å². The maximum atomic E-state index is 12.2. The third kappa shape index (κ3) is 7.06. The van der Waals surface area contributed by atoms with Crippen LogP contribution in [0.4, 0.5) is 11.4 Å². The lowest BCUT2D eigenvalue weighted by Crippen LogP contribution is -2.45. The van der Waals surface area contributed by atoms with Crippen LogP contribution in [-0.2, 0) is 9.59 Å². The van der Waals surface area contributed by atoms with E-state index >= 15 is 0 Å². The number of non-ortho nitro benzene ring substituents is 1. The van der Waals surface area contributed by atoms with Crippen LogP contribution in [0.3, 0.4) is 0 Å². The maximum absolute atomic E-state index is 12.2. The standard InChI is InChI=1S/C18H26N4O5.ClH/c1-13-11-15(22(26)27)3-4-16(13)19-17(23)7-10-21-8-5-14(6-9-21)20(2)12-18(24)25;/h3-4,11,14H,5-10,12H2,1-2H3,(H,19,23)(H,24,25);1H. The molecule has 28 heavy (non-hydrogen) atoms. The number of likely N-dealkylation sites (tertiary alicyclic amines) is 1. The molecule has 0 aromatic heterocycles. The number of piperidine rings is 1. The van der Waals surface area contributed by atoms with Gasteiger partial charge in [0.15, 0.2) is 0 Å². The maximum Gasteiger partial charge on any atom is 0.317 e. The largest absolute Gasteiger partial charge is 0.480 e. The summed E-state index contributed by atoms with van der Waals surface area (Å²) in [5, 5.41) is 22.4. The van der Waals surface area contributed by atoms with Crippen LogP contribution in [0.25, 0.3) is 0 Å². The number of anilines is 1. The Kier molecular flexibility index (Phi) is 9.30. The van der Waals surface area contributed by atoms with Crippen molar-refractivity contribution < 1.29 is 19.6 Å². The second-order valence-corrected chi connectivity index (χ2v) is 6.94. The number of hydrogen-bond donors (Lipinski definition) is 2. The Labute approximate surface area is 170 Å². The van der Waals surface area contributed by atoms with Crippen LogP contribution in [0.5, 0.6) is 0 Å². The number of hydrogen-bond acceptors (Lipinski definition) is 6. The van der Waals surface area contributed by atoms with E-state index in [1.807, 2.05) is 11.9 Å². The highest BCUT2D eigenvalue weighted by Gasteiger charge is 2.23. The highest BCUT2D eigenvalue weighted by atomic mass is 35.5. The van der Waals surface area contributed by atoms with Gasteiger partial charge in [0.2, 0.25) is 5.91 Å². The quantitative estimate of drug-likeness (QED) is 0.494. The molecule has 156 valence electrons. The van der Waals surface area contributed by atoms with Crippen LogP contribution in [0.2, 0.25) is 0 Å². The number of benzene rings is 1. The highest BCUT2D eigenvalue weighted by molar-refractivity contribution is 5.91. The average molecular weight is 415 g/mol. The lowest BCUT2D eigenvalue weighted by atomic mass is 10.0. The number of nitrogens with one attached hydrogen (secondary N) is 1. The van der Waals surface area contributed by atoms with Crippen molar-refractivity contribution in [2.24, 2.45) is 0 Å². The summed E-state index contributed by atoms with van der Waals surface area (Å²) in [5.74, 6) is -0.949. The number of halogens is 1. The van der Waals surface area contributed by atoms with E-state index in [1.54, 1.807) is 13.0 Å². The molecule has 1 aliphatic rings. The van der Waals surface area contributed by atoms with Gasteiger partial charge in [-0.05, 0) is 51.5 Å². The first-order valence-electron chi connectivity index (χ1n) is 8.95. The molecule has 0 aliphatic carbocycles. The number of nitro groups is 1. The minimum absolute atomic E-state index is 0. The van der Waals surface area contributed by atoms with Crippen LogP contribution in [0.1, 0.15) is 24.8 Å². The molecule has 1 heterocycles. The predicted octanol–water partition coefficient (Wildman–Crippen LogP) is 2.13. The second kappa shape index (κ2) is 10.9. The van der Waals surface area contributed by atoms with Crippen LogP contribution < -0.4 is 5.32 Å². The molecule has 1 saturated heterocycles. The van der Waals surface area contributed by atoms with Gasteiger partial charge in [-0.2, -0.15) is 0 Å². The fraction of sp³-hybridized carbons (Fsp3) is 0.556. The van der Waals surface area contributed by atoms with Crippen molar-refractivity contribution >= 4 is 35.7 Å². The van der Waals surface area contributed by atoms with Crippen LogP contribution in [0, 0.1) is 17.0 Å². The van der Waals surface area contributed by atoms with Gasteiger partial charge in [0, 0.05) is 36.8 Å². The molecular weight excluding hydrogens is 388 g/mol. The average Bonchev–Trinajstić information content (AvgIpc) is 2.61. The van der Waals surface area contributed by atoms with E-state index in [2.05, 4.69) is 10.2 Å². The summed E-state index contributed by atoms with van der Waals surface area (Å²) in [6.07, 6.45) is 2.10. The molecule has 10 heteroatoms. The number of nitro benzene ring substituents is 1. The lowest BCUT2D eigenvalue weighted by Gasteiger charge is -2.36. The Morgan fingerprint density at radius 1 is 1.36 bits per heavy atom. The Morgan fingerprint density at radius 2 is 2.00 bits per heavy atom. The molecular formula is C18H27ClN4O5. The zero-order chi connectivity index (χ0) is 20.0. The van der Waals surface area contributed by atoms with Gasteiger partial charge < -0.3 is 15.3 Å². The number of amides is 1. The van der Waals surface area contributed by atoms with Crippen molar-refractivity contribution in [2.45, 2.75) is 32.2 Å². The number of carboxylic acid groups (broad SMARTS) is 1. The van der Waals surface area contributed by atoms with E-state index in [9.17, 15) is 19.7 Å². The van der Waals surface area contributed by atoms with Crippen molar-refractivity contribution in [3.05, 3.63) is 33.9 Å². The summed E-state index contributed by atoms with van der Waals surface area (Å²) in [6.45, 7) is 4.06. The smallest absolute Gasteiger partial charge is 0.317 e. The molecule has 0 saturated carbocycles. The Bertz CT molecular complexity index is 707. The van der Waals surface area contributed by atoms with E-state index in [1.165, 1.54) is 12.1 Å². The van der Waals surface area contributed by atoms with Gasteiger partial charge in [0.05, 0.1) is 11.5 Å². The summed E-state index contributed by atoms with van der Waals surface area (Å²) >= 11 is 0. The molecule has 1 amide bonds. The van der Waals surface area contributed by atoms with E-state index in [0.29, 0.717) is 24.2 Å². The van der Waals surface area contributed by atoms with Crippen LogP contribution in [0.15, 0.2) is 18.2 Å². The van der Waals surface area contributed by atoms with Crippen molar-refractivity contribution in [3.63, 3.8) is 0 Å². The first kappa shape index (κ1) is 23.8. The Hall–Kier alpha value is -2.23. The molecule has 1 aliphatic heterocycles. The number of nitrogens with zero attached hydrogens (tertiary/aromatic N) is 3. The third-order valence-corrected chi connectivity index (χ3v) is 4.92. The van der Waals surface area contributed by atoms with E-state index in [4.69, 9.17) is 5.11 Å². The number of rotatable bonds is 8. The van der Waals surface area contributed by atoms with Crippen molar-refractivity contribution in [2.75, 3.05) is 38.5 Å². The van der Waals surface area contributed by atoms with Crippen molar-refractivity contribution in [3.8, 4) is 0 Å². The van der Waals surface area contributed by atoms with Gasteiger partial charge in [-0.25, -0.2) is 0 Å². The molecule has 2 rings (SSSR count). The number of aliphatic carboxylic acids is 1. The summed E-state index contributed by atoms with van der Waals surface area (Å²) < 4.78 is 0. The van der Waals surface area contributed by atoms with Gasteiger partial charge in [0.1, 0.15) is 0 Å². The number of carboxylic acids is 1. The topological polar surface area (TPSA) is 116 Å². The van der Waals surface area contributed by atoms with Gasteiger partial charge in [0.25, 0.3) is 5.69 Å². The summed E-state index contributed by atoms with van der Waals surface area (Å²) in [5.41, 5.74) is 1.24. The summed E-state index contributed by atoms with van der Waals surface area (Å²) in [7, 11) is 1.83. The number of aryl methyl sites for hydroxylation is 1. The fourth-order valence-corrected chi connectivity index (χ4v) is 3.30. The van der Waals surface area contributed by atoms with Crippen molar-refractivity contribution in [1.82, 2.24) is 9.80 Å². The molecule has 0 bridgehead atoms. The molecule has 0 unspecified atom stereocenters. The molecule has 1 aromatic carbocycles. The molecule has 0 radical (unpaired) electrons. The highest BCUT2D eigenvalue weighted by Crippen LogP contribution is 2.21. The van der Waals surface area contributed by atoms with Gasteiger partial charge in [-0.3, -0.25) is 24.6 Å². The summed E-state index contributed by atoms with van der Waals surface area (Å²) in [6, 6.07) is 4.62. The first-order chi connectivity index (χ1) is 12.8. The zero-order valence-electron chi connectivity index (χ0n) is 16.1. The minimum Gasteiger partial charge on any atom is -0.480 e. The Morgan fingerprint density at radius 3 is 2.54 bits per heavy atom. The Balaban J connectivity index is 0.00000392. The predicted molar refractivity (Wildman–Crippen MR) is 108 cm³/mol. The zero-order valence-corrected chi connectivity index (χ0v) is 16.9. The van der Waals surface area contributed by atoms with Gasteiger partial charge in [-0.1, -0.05) is 0 Å². The SMILES string of the molecule is Cc1cc([N+](=O)[O-])ccc1NC(=O)CCN1CCC(N(C)CC(=O)O)CC1.Cl. The minimum atomic E-state index is -0.821. The van der Waals surface area contributed by atoms with Gasteiger partial charge in [-0.15, -0.1) is 12.4 Å². The first-order valence-corrected chi connectivity index (χ1v) is 8.95. The normalized spacial score (nSPS) is 15.1. The van der Waals surface area contributed by atoms with Crippen LogP contribution in [-0.4, -0.2) is 71.0 Å². The molecule has 0 atom stereocenters. The third-order valence-electron chi connectivity index (χ3n) is 4.92. The van der Waals surface area contributed by atoms with E-state index in [-0.39, 0.29) is 36.6 Å². The van der Waals surface area contributed by atoms with E-state index in [0.717, 1.165) is 25.9 Å². The second-order valence-electron chi connectivity index (χ2n) is 6.94. The van der Waals surface area contributed by atoms with Crippen molar-refractivity contribution in [1.29, 1.82) is 0 Å². The fourth-order valence-electron chi connectivity index (χ4n) is 3.30. The molecule has 1 aromatic rings. The number of carbonyl (C=O) groups excluding carboxylic acids is 1.